The number of hydrogen-bond acceptors (Lipinski definition) is 5. The van der Waals surface area contributed by atoms with Crippen LogP contribution < -0.4 is 0 Å². The first-order valence-electron chi connectivity index (χ1n) is 6.57. The number of carbonyl (C=O) groups excluding carboxylic acids is 1. The third-order valence-electron chi connectivity index (χ3n) is 3.22. The fourth-order valence-electron chi connectivity index (χ4n) is 2.13. The summed E-state index contributed by atoms with van der Waals surface area (Å²) in [6, 6.07) is 13.4. The van der Waals surface area contributed by atoms with Gasteiger partial charge in [-0.15, -0.1) is 0 Å². The van der Waals surface area contributed by atoms with Gasteiger partial charge in [0.25, 0.3) is 5.69 Å². The zero-order chi connectivity index (χ0) is 16.4. The van der Waals surface area contributed by atoms with Gasteiger partial charge in [0.05, 0.1) is 10.5 Å². The van der Waals surface area contributed by atoms with Crippen LogP contribution in [-0.2, 0) is 9.63 Å². The Morgan fingerprint density at radius 2 is 1.91 bits per heavy atom. The molecule has 0 aliphatic carbocycles. The van der Waals surface area contributed by atoms with Crippen LogP contribution in [0.4, 0.5) is 5.69 Å². The molecule has 0 spiro atoms. The molecule has 0 fully saturated rings. The first-order valence-corrected chi connectivity index (χ1v) is 6.95. The maximum atomic E-state index is 11.9. The Morgan fingerprint density at radius 1 is 1.17 bits per heavy atom. The molecule has 0 N–H and O–H groups in total. The fourth-order valence-corrected chi connectivity index (χ4v) is 2.32. The molecular formula is C16H9ClN2O4. The number of oxime groups is 1. The first kappa shape index (κ1) is 14.9. The summed E-state index contributed by atoms with van der Waals surface area (Å²) in [6.45, 7) is 0. The summed E-state index contributed by atoms with van der Waals surface area (Å²) in [5, 5.41) is 14.7. The summed E-state index contributed by atoms with van der Waals surface area (Å²) in [6.07, 6.45) is 1.62. The summed E-state index contributed by atoms with van der Waals surface area (Å²) >= 11 is 5.80. The van der Waals surface area contributed by atoms with Gasteiger partial charge in [0.2, 0.25) is 0 Å². The molecule has 0 radical (unpaired) electrons. The second-order valence-corrected chi connectivity index (χ2v) is 5.12. The van der Waals surface area contributed by atoms with Crippen LogP contribution in [0.1, 0.15) is 11.1 Å². The van der Waals surface area contributed by atoms with Crippen LogP contribution in [0.5, 0.6) is 0 Å². The van der Waals surface area contributed by atoms with Gasteiger partial charge in [-0.3, -0.25) is 10.1 Å². The van der Waals surface area contributed by atoms with Crippen molar-refractivity contribution in [1.82, 2.24) is 0 Å². The Morgan fingerprint density at radius 3 is 2.61 bits per heavy atom. The number of halogens is 1. The fraction of sp³-hybridized carbons (Fsp3) is 0. The Labute approximate surface area is 135 Å². The largest absolute Gasteiger partial charge is 0.368 e. The molecule has 1 aliphatic rings. The molecule has 7 heteroatoms. The van der Waals surface area contributed by atoms with Gasteiger partial charge in [0, 0.05) is 11.6 Å². The van der Waals surface area contributed by atoms with Gasteiger partial charge in [-0.2, -0.15) is 0 Å². The Kier molecular flexibility index (Phi) is 3.91. The average molecular weight is 329 g/mol. The van der Waals surface area contributed by atoms with Crippen LogP contribution in [0.3, 0.4) is 0 Å². The lowest BCUT2D eigenvalue weighted by molar-refractivity contribution is -0.384. The summed E-state index contributed by atoms with van der Waals surface area (Å²) in [7, 11) is 0. The van der Waals surface area contributed by atoms with Crippen molar-refractivity contribution in [2.75, 3.05) is 0 Å². The zero-order valence-corrected chi connectivity index (χ0v) is 12.4. The number of rotatable bonds is 3. The molecule has 2 aromatic carbocycles. The number of nitro groups is 1. The third kappa shape index (κ3) is 2.97. The standard InChI is InChI=1S/C16H9ClN2O4/c17-13-7-6-11(9-14(13)19(21)22)15-12(16(20)23-18-15)8-10-4-2-1-3-5-10/h1-9H/b12-8-. The lowest BCUT2D eigenvalue weighted by Crippen LogP contribution is -2.07. The topological polar surface area (TPSA) is 81.8 Å². The van der Waals surface area contributed by atoms with Crippen LogP contribution in [0.2, 0.25) is 5.02 Å². The van der Waals surface area contributed by atoms with Gasteiger partial charge in [-0.1, -0.05) is 53.2 Å². The predicted molar refractivity (Wildman–Crippen MR) is 85.2 cm³/mol. The highest BCUT2D eigenvalue weighted by molar-refractivity contribution is 6.34. The summed E-state index contributed by atoms with van der Waals surface area (Å²) < 4.78 is 0. The minimum atomic E-state index is -0.610. The average Bonchev–Trinajstić information content (AvgIpc) is 2.90. The second-order valence-electron chi connectivity index (χ2n) is 4.71. The lowest BCUT2D eigenvalue weighted by Gasteiger charge is -2.02. The Hall–Kier alpha value is -2.99. The van der Waals surface area contributed by atoms with Gasteiger partial charge in [0.1, 0.15) is 10.7 Å². The van der Waals surface area contributed by atoms with Crippen LogP contribution in [0.15, 0.2) is 59.3 Å². The maximum Gasteiger partial charge on any atom is 0.368 e. The van der Waals surface area contributed by atoms with Gasteiger partial charge in [-0.05, 0) is 17.7 Å². The molecule has 2 aromatic rings. The zero-order valence-electron chi connectivity index (χ0n) is 11.6. The highest BCUT2D eigenvalue weighted by atomic mass is 35.5. The number of hydrogen-bond donors (Lipinski definition) is 0. The van der Waals surface area contributed by atoms with Crippen LogP contribution >= 0.6 is 11.6 Å². The van der Waals surface area contributed by atoms with Crippen molar-refractivity contribution in [2.24, 2.45) is 5.16 Å². The molecule has 23 heavy (non-hydrogen) atoms. The van der Waals surface area contributed by atoms with E-state index in [2.05, 4.69) is 5.16 Å². The molecule has 0 unspecified atom stereocenters. The van der Waals surface area contributed by atoms with Gasteiger partial charge in [-0.25, -0.2) is 4.79 Å². The maximum absolute atomic E-state index is 11.9. The normalized spacial score (nSPS) is 15.4. The highest BCUT2D eigenvalue weighted by Crippen LogP contribution is 2.28. The second kappa shape index (κ2) is 6.02. The molecule has 0 saturated heterocycles. The van der Waals surface area contributed by atoms with E-state index >= 15 is 0 Å². The molecule has 0 atom stereocenters. The molecule has 0 aromatic heterocycles. The van der Waals surface area contributed by atoms with E-state index in [4.69, 9.17) is 16.4 Å². The van der Waals surface area contributed by atoms with Gasteiger partial charge in [0.15, 0.2) is 0 Å². The van der Waals surface area contributed by atoms with Crippen LogP contribution in [-0.4, -0.2) is 16.6 Å². The molecule has 0 saturated carbocycles. The molecule has 0 amide bonds. The van der Waals surface area contributed by atoms with Crippen molar-refractivity contribution in [3.63, 3.8) is 0 Å². The van der Waals surface area contributed by atoms with Crippen molar-refractivity contribution >= 4 is 35.0 Å². The molecule has 1 heterocycles. The van der Waals surface area contributed by atoms with Crippen molar-refractivity contribution in [2.45, 2.75) is 0 Å². The number of nitrogens with zero attached hydrogens (tertiary/aromatic N) is 2. The van der Waals surface area contributed by atoms with E-state index in [0.717, 1.165) is 5.56 Å². The van der Waals surface area contributed by atoms with Crippen LogP contribution in [0, 0.1) is 10.1 Å². The van der Waals surface area contributed by atoms with Crippen molar-refractivity contribution < 1.29 is 14.6 Å². The lowest BCUT2D eigenvalue weighted by atomic mass is 10.0. The minimum Gasteiger partial charge on any atom is -0.312 e. The monoisotopic (exact) mass is 328 g/mol. The number of carbonyl (C=O) groups is 1. The van der Waals surface area contributed by atoms with Crippen LogP contribution in [0.25, 0.3) is 6.08 Å². The van der Waals surface area contributed by atoms with E-state index in [-0.39, 0.29) is 22.0 Å². The molecular weight excluding hydrogens is 320 g/mol. The smallest absolute Gasteiger partial charge is 0.312 e. The summed E-state index contributed by atoms with van der Waals surface area (Å²) in [4.78, 5) is 27.0. The SMILES string of the molecule is O=C1ON=C(c2ccc(Cl)c([N+](=O)[O-])c2)/C1=C/c1ccccc1. The van der Waals surface area contributed by atoms with Crippen molar-refractivity contribution in [1.29, 1.82) is 0 Å². The van der Waals surface area contributed by atoms with E-state index in [1.54, 1.807) is 12.1 Å². The number of benzene rings is 2. The molecule has 114 valence electrons. The summed E-state index contributed by atoms with van der Waals surface area (Å²) in [5.41, 5.74) is 1.38. The molecule has 3 rings (SSSR count). The quantitative estimate of drug-likeness (QED) is 0.373. The Balaban J connectivity index is 2.05. The molecule has 1 aliphatic heterocycles. The molecule has 0 bridgehead atoms. The third-order valence-corrected chi connectivity index (χ3v) is 3.54. The number of nitro benzene ring substituents is 1. The predicted octanol–water partition coefficient (Wildman–Crippen LogP) is 3.59. The van der Waals surface area contributed by atoms with Crippen molar-refractivity contribution in [3.05, 3.63) is 80.4 Å². The van der Waals surface area contributed by atoms with E-state index in [1.807, 2.05) is 30.3 Å². The van der Waals surface area contributed by atoms with E-state index < -0.39 is 10.9 Å². The minimum absolute atomic E-state index is 0.0122. The Bertz CT molecular complexity index is 860. The molecule has 6 nitrogen and oxygen atoms in total. The highest BCUT2D eigenvalue weighted by Gasteiger charge is 2.28. The van der Waals surface area contributed by atoms with Crippen molar-refractivity contribution in [3.8, 4) is 0 Å². The first-order chi connectivity index (χ1) is 11.1. The van der Waals surface area contributed by atoms with Gasteiger partial charge < -0.3 is 4.84 Å². The van der Waals surface area contributed by atoms with Gasteiger partial charge >= 0.3 is 5.97 Å². The van der Waals surface area contributed by atoms with E-state index in [9.17, 15) is 14.9 Å². The summed E-state index contributed by atoms with van der Waals surface area (Å²) in [5.74, 6) is -0.610. The van der Waals surface area contributed by atoms with E-state index in [1.165, 1.54) is 12.1 Å². The van der Waals surface area contributed by atoms with E-state index in [0.29, 0.717) is 5.56 Å².